The van der Waals surface area contributed by atoms with Crippen LogP contribution in [0, 0.1) is 0 Å². The van der Waals surface area contributed by atoms with Gasteiger partial charge in [-0.3, -0.25) is 4.98 Å². The molecular weight excluding hydrogens is 252 g/mol. The number of rotatable bonds is 4. The van der Waals surface area contributed by atoms with E-state index in [9.17, 15) is 0 Å². The third kappa shape index (κ3) is 3.20. The molecule has 6 nitrogen and oxygen atoms in total. The van der Waals surface area contributed by atoms with Gasteiger partial charge in [-0.15, -0.1) is 5.10 Å². The van der Waals surface area contributed by atoms with Crippen LogP contribution in [0.1, 0.15) is 18.5 Å². The Kier molecular flexibility index (Phi) is 4.03. The highest BCUT2D eigenvalue weighted by Gasteiger charge is 2.16. The van der Waals surface area contributed by atoms with Crippen LogP contribution in [0.3, 0.4) is 0 Å². The molecule has 2 aromatic heterocycles. The molecule has 0 aliphatic carbocycles. The normalized spacial score (nSPS) is 17.4. The summed E-state index contributed by atoms with van der Waals surface area (Å²) in [5.74, 6) is 0. The number of hydrogen-bond acceptors (Lipinski definition) is 5. The van der Waals surface area contributed by atoms with Crippen LogP contribution in [0.4, 0.5) is 0 Å². The maximum absolute atomic E-state index is 4.20. The topological polar surface area (TPSA) is 58.9 Å². The Hall–Kier alpha value is -1.79. The molecule has 3 heterocycles. The molecule has 2 aromatic rings. The second-order valence-corrected chi connectivity index (χ2v) is 5.32. The third-order valence-corrected chi connectivity index (χ3v) is 3.74. The summed E-state index contributed by atoms with van der Waals surface area (Å²) in [4.78, 5) is 6.46. The quantitative estimate of drug-likeness (QED) is 0.894. The monoisotopic (exact) mass is 272 g/mol. The first-order chi connectivity index (χ1) is 9.81. The standard InChI is InChI=1S/C14H20N6/c1-19-7-4-12(5-8-19)16-9-13-11-20(18-17-13)14-3-2-6-15-10-14/h2-3,6,10-12,16H,4-5,7-9H2,1H3. The lowest BCUT2D eigenvalue weighted by atomic mass is 10.1. The Bertz CT molecular complexity index is 530. The molecule has 0 saturated carbocycles. The maximum Gasteiger partial charge on any atom is 0.0969 e. The van der Waals surface area contributed by atoms with Crippen LogP contribution in [0.2, 0.25) is 0 Å². The van der Waals surface area contributed by atoms with Crippen LogP contribution in [-0.4, -0.2) is 51.1 Å². The van der Waals surface area contributed by atoms with Crippen molar-refractivity contribution in [3.05, 3.63) is 36.4 Å². The third-order valence-electron chi connectivity index (χ3n) is 3.74. The van der Waals surface area contributed by atoms with Crippen molar-refractivity contribution in [2.24, 2.45) is 0 Å². The van der Waals surface area contributed by atoms with Crippen molar-refractivity contribution in [2.75, 3.05) is 20.1 Å². The van der Waals surface area contributed by atoms with Gasteiger partial charge in [0.15, 0.2) is 0 Å². The van der Waals surface area contributed by atoms with Gasteiger partial charge in [0.1, 0.15) is 0 Å². The van der Waals surface area contributed by atoms with Crippen LogP contribution >= 0.6 is 0 Å². The van der Waals surface area contributed by atoms with Gasteiger partial charge in [-0.1, -0.05) is 5.21 Å². The fourth-order valence-electron chi connectivity index (χ4n) is 2.46. The van der Waals surface area contributed by atoms with Crippen molar-refractivity contribution in [2.45, 2.75) is 25.4 Å². The molecule has 0 amide bonds. The second-order valence-electron chi connectivity index (χ2n) is 5.32. The summed E-state index contributed by atoms with van der Waals surface area (Å²) < 4.78 is 1.76. The highest BCUT2D eigenvalue weighted by molar-refractivity contribution is 5.26. The Labute approximate surface area is 118 Å². The Balaban J connectivity index is 1.55. The lowest BCUT2D eigenvalue weighted by Gasteiger charge is -2.29. The average molecular weight is 272 g/mol. The number of nitrogens with one attached hydrogen (secondary N) is 1. The number of likely N-dealkylation sites (tertiary alicyclic amines) is 1. The first-order valence-corrected chi connectivity index (χ1v) is 7.05. The van der Waals surface area contributed by atoms with E-state index in [1.165, 1.54) is 25.9 Å². The fourth-order valence-corrected chi connectivity index (χ4v) is 2.46. The predicted octanol–water partition coefficient (Wildman–Crippen LogP) is 0.846. The molecule has 1 fully saturated rings. The van der Waals surface area contributed by atoms with Gasteiger partial charge < -0.3 is 10.2 Å². The molecule has 3 rings (SSSR count). The van der Waals surface area contributed by atoms with E-state index in [2.05, 4.69) is 32.6 Å². The molecule has 20 heavy (non-hydrogen) atoms. The highest BCUT2D eigenvalue weighted by Crippen LogP contribution is 2.09. The highest BCUT2D eigenvalue weighted by atomic mass is 15.4. The largest absolute Gasteiger partial charge is 0.308 e. The maximum atomic E-state index is 4.20. The number of hydrogen-bond donors (Lipinski definition) is 1. The molecular formula is C14H20N6. The van der Waals surface area contributed by atoms with Gasteiger partial charge in [0.05, 0.1) is 23.8 Å². The minimum atomic E-state index is 0.592. The smallest absolute Gasteiger partial charge is 0.0969 e. The molecule has 0 spiro atoms. The van der Waals surface area contributed by atoms with E-state index < -0.39 is 0 Å². The van der Waals surface area contributed by atoms with Gasteiger partial charge in [0, 0.05) is 18.8 Å². The van der Waals surface area contributed by atoms with Crippen molar-refractivity contribution >= 4 is 0 Å². The van der Waals surface area contributed by atoms with Crippen LogP contribution < -0.4 is 5.32 Å². The zero-order valence-electron chi connectivity index (χ0n) is 11.7. The summed E-state index contributed by atoms with van der Waals surface area (Å²) >= 11 is 0. The van der Waals surface area contributed by atoms with Gasteiger partial charge in [0.2, 0.25) is 0 Å². The summed E-state index contributed by atoms with van der Waals surface area (Å²) in [6, 6.07) is 4.46. The summed E-state index contributed by atoms with van der Waals surface area (Å²) in [5.41, 5.74) is 1.90. The van der Waals surface area contributed by atoms with E-state index in [4.69, 9.17) is 0 Å². The molecule has 1 aliphatic rings. The lowest BCUT2D eigenvalue weighted by molar-refractivity contribution is 0.233. The zero-order chi connectivity index (χ0) is 13.8. The van der Waals surface area contributed by atoms with Crippen molar-refractivity contribution in [3.63, 3.8) is 0 Å². The lowest BCUT2D eigenvalue weighted by Crippen LogP contribution is -2.40. The molecule has 1 aliphatic heterocycles. The van der Waals surface area contributed by atoms with Crippen LogP contribution in [0.15, 0.2) is 30.7 Å². The number of nitrogens with zero attached hydrogens (tertiary/aromatic N) is 5. The van der Waals surface area contributed by atoms with Crippen molar-refractivity contribution in [1.29, 1.82) is 0 Å². The molecule has 0 atom stereocenters. The van der Waals surface area contributed by atoms with Gasteiger partial charge in [-0.05, 0) is 45.1 Å². The molecule has 0 bridgehead atoms. The summed E-state index contributed by atoms with van der Waals surface area (Å²) in [7, 11) is 2.18. The Morgan fingerprint density at radius 1 is 1.35 bits per heavy atom. The van der Waals surface area contributed by atoms with E-state index >= 15 is 0 Å². The van der Waals surface area contributed by atoms with Crippen molar-refractivity contribution in [3.8, 4) is 5.69 Å². The second kappa shape index (κ2) is 6.11. The molecule has 1 saturated heterocycles. The summed E-state index contributed by atoms with van der Waals surface area (Å²) in [6.07, 6.45) is 7.89. The van der Waals surface area contributed by atoms with Gasteiger partial charge in [-0.2, -0.15) is 0 Å². The SMILES string of the molecule is CN1CCC(NCc2cn(-c3cccnc3)nn2)CC1. The first kappa shape index (κ1) is 13.2. The molecule has 1 N–H and O–H groups in total. The summed E-state index contributed by atoms with van der Waals surface area (Å²) in [6.45, 7) is 3.11. The molecule has 106 valence electrons. The minimum Gasteiger partial charge on any atom is -0.308 e. The van der Waals surface area contributed by atoms with E-state index in [0.29, 0.717) is 6.04 Å². The van der Waals surface area contributed by atoms with Crippen molar-refractivity contribution in [1.82, 2.24) is 30.2 Å². The molecule has 6 heteroatoms. The van der Waals surface area contributed by atoms with Gasteiger partial charge >= 0.3 is 0 Å². The summed E-state index contributed by atoms with van der Waals surface area (Å²) in [5, 5.41) is 11.9. The Morgan fingerprint density at radius 2 is 2.20 bits per heavy atom. The average Bonchev–Trinajstić information content (AvgIpc) is 2.97. The molecule has 0 aromatic carbocycles. The van der Waals surface area contributed by atoms with E-state index in [1.807, 2.05) is 18.3 Å². The van der Waals surface area contributed by atoms with Crippen LogP contribution in [0.25, 0.3) is 5.69 Å². The van der Waals surface area contributed by atoms with E-state index in [1.54, 1.807) is 17.1 Å². The van der Waals surface area contributed by atoms with Crippen LogP contribution in [0.5, 0.6) is 0 Å². The first-order valence-electron chi connectivity index (χ1n) is 7.05. The van der Waals surface area contributed by atoms with Gasteiger partial charge in [-0.25, -0.2) is 4.68 Å². The van der Waals surface area contributed by atoms with Crippen LogP contribution in [-0.2, 0) is 6.54 Å². The number of piperidine rings is 1. The molecule has 0 radical (unpaired) electrons. The van der Waals surface area contributed by atoms with Gasteiger partial charge in [0.25, 0.3) is 0 Å². The molecule has 0 unspecified atom stereocenters. The van der Waals surface area contributed by atoms with Crippen molar-refractivity contribution < 1.29 is 0 Å². The minimum absolute atomic E-state index is 0.592. The number of aromatic nitrogens is 4. The fraction of sp³-hybridized carbons (Fsp3) is 0.500. The van der Waals surface area contributed by atoms with E-state index in [-0.39, 0.29) is 0 Å². The Morgan fingerprint density at radius 3 is 2.95 bits per heavy atom. The van der Waals surface area contributed by atoms with E-state index in [0.717, 1.165) is 17.9 Å². The predicted molar refractivity (Wildman–Crippen MR) is 76.5 cm³/mol. The zero-order valence-corrected chi connectivity index (χ0v) is 11.7. The number of pyridine rings is 1.